The monoisotopic (exact) mass is 446 g/mol. The van der Waals surface area contributed by atoms with Crippen LogP contribution in [0.1, 0.15) is 105 Å². The molecule has 5 unspecified atom stereocenters. The van der Waals surface area contributed by atoms with E-state index in [4.69, 9.17) is 4.74 Å². The van der Waals surface area contributed by atoms with Gasteiger partial charge in [0.2, 0.25) is 0 Å². The van der Waals surface area contributed by atoms with Crippen LogP contribution in [0, 0.1) is 51.8 Å². The molecule has 0 aliphatic heterocycles. The number of ether oxygens (including phenoxy) is 1. The van der Waals surface area contributed by atoms with Crippen molar-refractivity contribution in [2.24, 2.45) is 51.8 Å². The van der Waals surface area contributed by atoms with Crippen molar-refractivity contribution in [2.75, 3.05) is 7.11 Å². The molecule has 2 N–H and O–H groups in total. The van der Waals surface area contributed by atoms with Crippen LogP contribution in [0.2, 0.25) is 0 Å². The summed E-state index contributed by atoms with van der Waals surface area (Å²) in [7, 11) is 1.90. The molecule has 0 amide bonds. The minimum atomic E-state index is -0.443. The first-order chi connectivity index (χ1) is 15.0. The number of aliphatic hydroxyl groups excluding tert-OH is 1. The Labute approximate surface area is 197 Å². The third-order valence-corrected chi connectivity index (χ3v) is 12.5. The third-order valence-electron chi connectivity index (χ3n) is 12.5. The van der Waals surface area contributed by atoms with Gasteiger partial charge >= 0.3 is 0 Å². The summed E-state index contributed by atoms with van der Waals surface area (Å²) < 4.78 is 6.19. The summed E-state index contributed by atoms with van der Waals surface area (Å²) in [5.41, 5.74) is 0.187. The summed E-state index contributed by atoms with van der Waals surface area (Å²) in [6.07, 6.45) is 13.0. The van der Waals surface area contributed by atoms with Gasteiger partial charge in [-0.25, -0.2) is 0 Å². The van der Waals surface area contributed by atoms with Crippen molar-refractivity contribution in [3.63, 3.8) is 0 Å². The van der Waals surface area contributed by atoms with Gasteiger partial charge in [0.05, 0.1) is 17.8 Å². The van der Waals surface area contributed by atoms with Crippen LogP contribution in [0.15, 0.2) is 0 Å². The predicted molar refractivity (Wildman–Crippen MR) is 129 cm³/mol. The summed E-state index contributed by atoms with van der Waals surface area (Å²) in [6, 6.07) is 0. The average Bonchev–Trinajstić information content (AvgIpc) is 3.09. The predicted octanol–water partition coefficient (Wildman–Crippen LogP) is 6.21. The second-order valence-electron chi connectivity index (χ2n) is 13.9. The molecule has 0 radical (unpaired) electrons. The molecule has 3 heteroatoms. The Morgan fingerprint density at radius 3 is 2.38 bits per heavy atom. The first kappa shape index (κ1) is 23.6. The fraction of sp³-hybridized carbons (Fsp3) is 1.00. The van der Waals surface area contributed by atoms with Crippen LogP contribution in [0.5, 0.6) is 0 Å². The third kappa shape index (κ3) is 2.95. The number of rotatable bonds is 7. The maximum absolute atomic E-state index is 11.3. The molecule has 0 aromatic heterocycles. The number of hydrogen-bond donors (Lipinski definition) is 2. The fourth-order valence-electron chi connectivity index (χ4n) is 10.8. The molecule has 11 atom stereocenters. The van der Waals surface area contributed by atoms with Gasteiger partial charge in [-0.2, -0.15) is 0 Å². The second-order valence-corrected chi connectivity index (χ2v) is 13.9. The molecule has 1 spiro atoms. The van der Waals surface area contributed by atoms with Crippen molar-refractivity contribution in [2.45, 2.75) is 123 Å². The second kappa shape index (κ2) is 7.69. The summed E-state index contributed by atoms with van der Waals surface area (Å²) in [4.78, 5) is 0. The maximum atomic E-state index is 11.3. The van der Waals surface area contributed by atoms with Crippen LogP contribution in [0.3, 0.4) is 0 Å². The van der Waals surface area contributed by atoms with Gasteiger partial charge in [0.25, 0.3) is 0 Å². The van der Waals surface area contributed by atoms with Crippen molar-refractivity contribution in [1.82, 2.24) is 0 Å². The first-order valence-electron chi connectivity index (χ1n) is 14.0. The Balaban J connectivity index is 1.35. The van der Waals surface area contributed by atoms with Crippen molar-refractivity contribution in [1.29, 1.82) is 0 Å². The molecule has 0 saturated heterocycles. The molecule has 5 fully saturated rings. The smallest absolute Gasteiger partial charge is 0.0742 e. The van der Waals surface area contributed by atoms with E-state index in [1.165, 1.54) is 38.5 Å². The zero-order valence-corrected chi connectivity index (χ0v) is 21.7. The molecule has 5 aliphatic carbocycles. The first-order valence-corrected chi connectivity index (χ1v) is 14.0. The lowest BCUT2D eigenvalue weighted by molar-refractivity contribution is -0.170. The lowest BCUT2D eigenvalue weighted by Crippen LogP contribution is -2.58. The summed E-state index contributed by atoms with van der Waals surface area (Å²) in [6.45, 7) is 12.0. The zero-order chi connectivity index (χ0) is 23.1. The van der Waals surface area contributed by atoms with Crippen molar-refractivity contribution < 1.29 is 14.9 Å². The van der Waals surface area contributed by atoms with Crippen LogP contribution in [-0.2, 0) is 4.74 Å². The fourth-order valence-corrected chi connectivity index (χ4v) is 10.8. The quantitative estimate of drug-likeness (QED) is 0.489. The zero-order valence-electron chi connectivity index (χ0n) is 21.7. The average molecular weight is 447 g/mol. The van der Waals surface area contributed by atoms with Crippen molar-refractivity contribution in [3.05, 3.63) is 0 Å². The Bertz CT molecular complexity index is 721. The highest BCUT2D eigenvalue weighted by Gasteiger charge is 2.84. The van der Waals surface area contributed by atoms with E-state index in [2.05, 4.69) is 34.6 Å². The van der Waals surface area contributed by atoms with Gasteiger partial charge in [-0.1, -0.05) is 47.5 Å². The van der Waals surface area contributed by atoms with Gasteiger partial charge in [-0.15, -0.1) is 0 Å². The molecule has 184 valence electrons. The lowest BCUT2D eigenvalue weighted by Gasteiger charge is -2.61. The summed E-state index contributed by atoms with van der Waals surface area (Å²) in [5.74, 6) is 4.01. The normalized spacial score (nSPS) is 53.3. The van der Waals surface area contributed by atoms with Crippen LogP contribution in [-0.4, -0.2) is 35.1 Å². The molecule has 0 heterocycles. The highest BCUT2D eigenvalue weighted by Crippen LogP contribution is 2.83. The van der Waals surface area contributed by atoms with Gasteiger partial charge in [-0.05, 0) is 104 Å². The van der Waals surface area contributed by atoms with E-state index < -0.39 is 5.60 Å². The Kier molecular flexibility index (Phi) is 5.67. The van der Waals surface area contributed by atoms with Crippen LogP contribution < -0.4 is 0 Å². The number of methoxy groups -OCH3 is 1. The number of hydrogen-bond acceptors (Lipinski definition) is 3. The molecule has 0 aromatic carbocycles. The minimum Gasteiger partial charge on any atom is -0.393 e. The molecule has 3 nitrogen and oxygen atoms in total. The van der Waals surface area contributed by atoms with Crippen molar-refractivity contribution in [3.8, 4) is 0 Å². The van der Waals surface area contributed by atoms with Crippen LogP contribution in [0.25, 0.3) is 0 Å². The largest absolute Gasteiger partial charge is 0.393 e. The highest BCUT2D eigenvalue weighted by atomic mass is 16.5. The van der Waals surface area contributed by atoms with E-state index >= 15 is 0 Å². The van der Waals surface area contributed by atoms with E-state index in [1.807, 2.05) is 7.11 Å². The van der Waals surface area contributed by atoms with E-state index in [1.54, 1.807) is 0 Å². The summed E-state index contributed by atoms with van der Waals surface area (Å²) in [5, 5.41) is 22.4. The SMILES string of the molecule is CO[C@@H]1CC2C3CCC([C@H](C)[C@@H](O)CCCC(C)C)[C@@]3(C)CCC2[C@@]2(C)CC[C@@]3(O)CC132. The highest BCUT2D eigenvalue weighted by molar-refractivity contribution is 5.33. The lowest BCUT2D eigenvalue weighted by atomic mass is 9.45. The Morgan fingerprint density at radius 2 is 1.72 bits per heavy atom. The Morgan fingerprint density at radius 1 is 0.969 bits per heavy atom. The molecular weight excluding hydrogens is 396 g/mol. The van der Waals surface area contributed by atoms with Crippen molar-refractivity contribution >= 4 is 0 Å². The molecule has 0 aromatic rings. The molecule has 5 aliphatic rings. The number of aliphatic hydroxyl groups is 2. The van der Waals surface area contributed by atoms with E-state index in [-0.39, 0.29) is 23.0 Å². The maximum Gasteiger partial charge on any atom is 0.0742 e. The standard InChI is InChI=1S/C29H50O3/c1-18(2)8-7-9-24(30)19(3)21-10-11-22-20-16-25(32-6)29-17-28(29,31)15-14-27(29,5)23(20)12-13-26(21,22)4/h18-25,30-31H,7-17H2,1-6H3/t19-,20?,21?,22?,23?,24-,25+,26+,27+,28+,29?/m0/s1. The molecule has 5 rings (SSSR count). The molecule has 0 bridgehead atoms. The number of fused-ring (bicyclic) bond motifs is 4. The topological polar surface area (TPSA) is 49.7 Å². The molecule has 32 heavy (non-hydrogen) atoms. The van der Waals surface area contributed by atoms with Crippen LogP contribution >= 0.6 is 0 Å². The van der Waals surface area contributed by atoms with Gasteiger partial charge in [-0.3, -0.25) is 0 Å². The summed E-state index contributed by atoms with van der Waals surface area (Å²) >= 11 is 0. The van der Waals surface area contributed by atoms with Gasteiger partial charge in [0.1, 0.15) is 0 Å². The van der Waals surface area contributed by atoms with Gasteiger partial charge in [0, 0.05) is 12.5 Å². The molecule has 5 saturated carbocycles. The molecular formula is C29H50O3. The van der Waals surface area contributed by atoms with Crippen LogP contribution in [0.4, 0.5) is 0 Å². The Hall–Kier alpha value is -0.120. The minimum absolute atomic E-state index is 0.0293. The van der Waals surface area contributed by atoms with Gasteiger partial charge in [0.15, 0.2) is 0 Å². The van der Waals surface area contributed by atoms with E-state index in [0.717, 1.165) is 55.8 Å². The van der Waals surface area contributed by atoms with E-state index in [9.17, 15) is 10.2 Å². The van der Waals surface area contributed by atoms with E-state index in [0.29, 0.717) is 17.3 Å². The van der Waals surface area contributed by atoms with Gasteiger partial charge < -0.3 is 14.9 Å².